The van der Waals surface area contributed by atoms with E-state index in [-0.39, 0.29) is 11.4 Å². The number of carbonyl (C=O) groups is 1. The molecule has 1 N–H and O–H groups in total. The Morgan fingerprint density at radius 3 is 2.74 bits per heavy atom. The maximum Gasteiger partial charge on any atom is 0.270 e. The number of amides is 1. The summed E-state index contributed by atoms with van der Waals surface area (Å²) >= 11 is 3.44. The fourth-order valence-corrected chi connectivity index (χ4v) is 2.28. The predicted molar refractivity (Wildman–Crippen MR) is 81.7 cm³/mol. The first kappa shape index (κ1) is 14.0. The Kier molecular flexibility index (Phi) is 4.20. The molecule has 4 heteroatoms. The van der Waals surface area contributed by atoms with Gasteiger partial charge in [0.2, 0.25) is 0 Å². The molecule has 2 aromatic rings. The number of aromatic nitrogens is 1. The van der Waals surface area contributed by atoms with Crippen LogP contribution in [0.4, 0.5) is 0 Å². The molecule has 0 aliphatic heterocycles. The maximum atomic E-state index is 12.2. The lowest BCUT2D eigenvalue weighted by atomic mass is 10.0. The zero-order valence-electron chi connectivity index (χ0n) is 11.1. The molecule has 0 aliphatic rings. The van der Waals surface area contributed by atoms with Gasteiger partial charge in [0.05, 0.1) is 5.52 Å². The number of carbonyl (C=O) groups excluding carboxylic acids is 1. The molecule has 1 unspecified atom stereocenters. The zero-order chi connectivity index (χ0) is 13.9. The number of halogens is 1. The summed E-state index contributed by atoms with van der Waals surface area (Å²) in [7, 11) is 0. The van der Waals surface area contributed by atoms with Gasteiger partial charge in [0.25, 0.3) is 5.91 Å². The summed E-state index contributed by atoms with van der Waals surface area (Å²) in [6, 6.07) is 11.5. The van der Waals surface area contributed by atoms with Crippen LogP contribution >= 0.6 is 15.9 Å². The molecule has 0 spiro atoms. The lowest BCUT2D eigenvalue weighted by molar-refractivity contribution is 0.0908. The summed E-state index contributed by atoms with van der Waals surface area (Å²) in [6.07, 6.45) is 0.859. The highest BCUT2D eigenvalue weighted by Gasteiger charge is 2.23. The van der Waals surface area contributed by atoms with Crippen molar-refractivity contribution in [2.24, 2.45) is 0 Å². The van der Waals surface area contributed by atoms with Crippen LogP contribution in [0.1, 0.15) is 30.8 Å². The highest BCUT2D eigenvalue weighted by Crippen LogP contribution is 2.15. The summed E-state index contributed by atoms with van der Waals surface area (Å²) in [5, 5.41) is 4.78. The Bertz CT molecular complexity index is 593. The first-order valence-electron chi connectivity index (χ1n) is 6.32. The van der Waals surface area contributed by atoms with E-state index >= 15 is 0 Å². The molecule has 19 heavy (non-hydrogen) atoms. The Hall–Kier alpha value is -1.42. The summed E-state index contributed by atoms with van der Waals surface area (Å²) in [5.74, 6) is -0.130. The Labute approximate surface area is 121 Å². The first-order chi connectivity index (χ1) is 9.08. The summed E-state index contributed by atoms with van der Waals surface area (Å²) in [5.41, 5.74) is 1.05. The number of benzene rings is 1. The highest BCUT2D eigenvalue weighted by atomic mass is 79.9. The number of rotatable bonds is 4. The molecule has 1 heterocycles. The molecule has 0 fully saturated rings. The molecule has 0 saturated carbocycles. The molecule has 0 saturated heterocycles. The Morgan fingerprint density at radius 1 is 1.32 bits per heavy atom. The van der Waals surface area contributed by atoms with Crippen LogP contribution in [-0.4, -0.2) is 21.8 Å². The van der Waals surface area contributed by atoms with Gasteiger partial charge in [-0.25, -0.2) is 4.98 Å². The van der Waals surface area contributed by atoms with E-state index in [9.17, 15) is 4.79 Å². The monoisotopic (exact) mass is 320 g/mol. The van der Waals surface area contributed by atoms with Gasteiger partial charge in [-0.05, 0) is 25.5 Å². The first-order valence-corrected chi connectivity index (χ1v) is 7.44. The molecule has 2 rings (SSSR count). The smallest absolute Gasteiger partial charge is 0.270 e. The molecule has 1 aromatic carbocycles. The summed E-state index contributed by atoms with van der Waals surface area (Å²) in [6.45, 7) is 4.07. The number of fused-ring (bicyclic) bond motifs is 1. The van der Waals surface area contributed by atoms with Crippen LogP contribution in [0, 0.1) is 0 Å². The maximum absolute atomic E-state index is 12.2. The molecule has 0 aliphatic carbocycles. The van der Waals surface area contributed by atoms with Gasteiger partial charge in [-0.15, -0.1) is 0 Å². The van der Waals surface area contributed by atoms with E-state index in [1.54, 1.807) is 6.07 Å². The number of pyridine rings is 1. The van der Waals surface area contributed by atoms with E-state index in [1.165, 1.54) is 0 Å². The van der Waals surface area contributed by atoms with E-state index in [0.29, 0.717) is 5.69 Å². The van der Waals surface area contributed by atoms with Crippen molar-refractivity contribution in [2.45, 2.75) is 25.8 Å². The average Bonchev–Trinajstić information content (AvgIpc) is 2.46. The van der Waals surface area contributed by atoms with Crippen LogP contribution in [0.5, 0.6) is 0 Å². The van der Waals surface area contributed by atoms with Gasteiger partial charge in [-0.3, -0.25) is 4.79 Å². The van der Waals surface area contributed by atoms with Crippen molar-refractivity contribution in [3.8, 4) is 0 Å². The molecule has 1 amide bonds. The van der Waals surface area contributed by atoms with Crippen LogP contribution in [0.25, 0.3) is 10.9 Å². The number of hydrogen-bond acceptors (Lipinski definition) is 2. The molecule has 3 nitrogen and oxygen atoms in total. The summed E-state index contributed by atoms with van der Waals surface area (Å²) < 4.78 is 0. The fraction of sp³-hybridized carbons (Fsp3) is 0.333. The third-order valence-corrected chi connectivity index (χ3v) is 4.56. The second-order valence-corrected chi connectivity index (χ2v) is 5.45. The van der Waals surface area contributed by atoms with Crippen LogP contribution in [0.2, 0.25) is 0 Å². The minimum absolute atomic E-state index is 0.130. The van der Waals surface area contributed by atoms with E-state index in [1.807, 2.05) is 37.3 Å². The standard InChI is InChI=1S/C15H17BrN2O/c1-3-15(2,10-16)18-14(19)13-9-8-11-6-4-5-7-12(11)17-13/h4-9H,3,10H2,1-2H3,(H,18,19). The second-order valence-electron chi connectivity index (χ2n) is 4.89. The third kappa shape index (κ3) is 3.13. The quantitative estimate of drug-likeness (QED) is 0.876. The van der Waals surface area contributed by atoms with Gasteiger partial charge in [0.1, 0.15) is 5.69 Å². The van der Waals surface area contributed by atoms with E-state index in [2.05, 4.69) is 33.2 Å². The molecular weight excluding hydrogens is 304 g/mol. The van der Waals surface area contributed by atoms with Gasteiger partial charge >= 0.3 is 0 Å². The average molecular weight is 321 g/mol. The number of nitrogens with one attached hydrogen (secondary N) is 1. The van der Waals surface area contributed by atoms with Crippen LogP contribution < -0.4 is 5.32 Å². The SMILES string of the molecule is CCC(C)(CBr)NC(=O)c1ccc2ccccc2n1. The minimum Gasteiger partial charge on any atom is -0.345 e. The van der Waals surface area contributed by atoms with Crippen LogP contribution in [0.3, 0.4) is 0 Å². The van der Waals surface area contributed by atoms with E-state index < -0.39 is 0 Å². The topological polar surface area (TPSA) is 42.0 Å². The number of nitrogens with zero attached hydrogens (tertiary/aromatic N) is 1. The molecule has 1 aromatic heterocycles. The lowest BCUT2D eigenvalue weighted by Gasteiger charge is -2.27. The lowest BCUT2D eigenvalue weighted by Crippen LogP contribution is -2.47. The fourth-order valence-electron chi connectivity index (χ4n) is 1.75. The highest BCUT2D eigenvalue weighted by molar-refractivity contribution is 9.09. The van der Waals surface area contributed by atoms with Crippen LogP contribution in [-0.2, 0) is 0 Å². The van der Waals surface area contributed by atoms with E-state index in [4.69, 9.17) is 0 Å². The molecule has 0 radical (unpaired) electrons. The van der Waals surface area contributed by atoms with Gasteiger partial charge in [0.15, 0.2) is 0 Å². The van der Waals surface area contributed by atoms with Gasteiger partial charge in [-0.1, -0.05) is 47.1 Å². The zero-order valence-corrected chi connectivity index (χ0v) is 12.7. The second kappa shape index (κ2) is 5.70. The van der Waals surface area contributed by atoms with Gasteiger partial charge in [-0.2, -0.15) is 0 Å². The van der Waals surface area contributed by atoms with Crippen molar-refractivity contribution in [1.82, 2.24) is 10.3 Å². The third-order valence-electron chi connectivity index (χ3n) is 3.32. The number of para-hydroxylation sites is 1. The number of alkyl halides is 1. The Balaban J connectivity index is 2.26. The van der Waals surface area contributed by atoms with Crippen molar-refractivity contribution in [1.29, 1.82) is 0 Å². The Morgan fingerprint density at radius 2 is 2.05 bits per heavy atom. The normalized spacial score (nSPS) is 14.1. The molecule has 0 bridgehead atoms. The van der Waals surface area contributed by atoms with Crippen LogP contribution in [0.15, 0.2) is 36.4 Å². The molecule has 1 atom stereocenters. The minimum atomic E-state index is -0.246. The van der Waals surface area contributed by atoms with Gasteiger partial charge < -0.3 is 5.32 Å². The summed E-state index contributed by atoms with van der Waals surface area (Å²) in [4.78, 5) is 16.6. The molecule has 100 valence electrons. The van der Waals surface area contributed by atoms with Crippen molar-refractivity contribution in [3.05, 3.63) is 42.1 Å². The van der Waals surface area contributed by atoms with Crippen molar-refractivity contribution >= 4 is 32.7 Å². The largest absolute Gasteiger partial charge is 0.345 e. The van der Waals surface area contributed by atoms with Crippen molar-refractivity contribution < 1.29 is 4.79 Å². The molecular formula is C15H17BrN2O. The predicted octanol–water partition coefficient (Wildman–Crippen LogP) is 3.53. The van der Waals surface area contributed by atoms with Crippen molar-refractivity contribution in [3.63, 3.8) is 0 Å². The number of hydrogen-bond donors (Lipinski definition) is 1. The van der Waals surface area contributed by atoms with E-state index in [0.717, 1.165) is 22.7 Å². The van der Waals surface area contributed by atoms with Gasteiger partial charge in [0, 0.05) is 16.3 Å². The van der Waals surface area contributed by atoms with Crippen molar-refractivity contribution in [2.75, 3.05) is 5.33 Å².